The molecular weight excluding hydrogens is 256 g/mol. The molecule has 0 amide bonds. The van der Waals surface area contributed by atoms with E-state index in [1.165, 1.54) is 0 Å². The smallest absolute Gasteiger partial charge is 0.200 e. The average Bonchev–Trinajstić information content (AvgIpc) is 2.52. The second-order valence-corrected chi connectivity index (χ2v) is 4.12. The summed E-state index contributed by atoms with van der Waals surface area (Å²) in [5.41, 5.74) is 0.562. The van der Waals surface area contributed by atoms with Crippen LogP contribution in [0.4, 0.5) is 0 Å². The minimum absolute atomic E-state index is 0.0274. The highest BCUT2D eigenvalue weighted by Gasteiger charge is 2.08. The molecule has 0 saturated heterocycles. The number of carbonyl (C=O) groups is 1. The predicted octanol–water partition coefficient (Wildman–Crippen LogP) is 2.97. The van der Waals surface area contributed by atoms with E-state index in [0.717, 1.165) is 0 Å². The molecule has 2 rings (SSSR count). The van der Waals surface area contributed by atoms with Crippen LogP contribution < -0.4 is 14.2 Å². The van der Waals surface area contributed by atoms with Gasteiger partial charge in [-0.1, -0.05) is 18.2 Å². The van der Waals surface area contributed by atoms with Gasteiger partial charge in [-0.15, -0.1) is 0 Å². The van der Waals surface area contributed by atoms with E-state index in [0.29, 0.717) is 22.8 Å². The summed E-state index contributed by atoms with van der Waals surface area (Å²) in [4.78, 5) is 12.0. The van der Waals surface area contributed by atoms with Crippen molar-refractivity contribution in [3.05, 3.63) is 54.1 Å². The lowest BCUT2D eigenvalue weighted by Gasteiger charge is -2.08. The molecule has 0 aliphatic rings. The molecule has 0 fully saturated rings. The van der Waals surface area contributed by atoms with E-state index in [1.54, 1.807) is 50.6 Å². The van der Waals surface area contributed by atoms with Crippen LogP contribution in [-0.2, 0) is 0 Å². The molecule has 0 radical (unpaired) electrons. The van der Waals surface area contributed by atoms with Crippen molar-refractivity contribution in [2.45, 2.75) is 0 Å². The summed E-state index contributed by atoms with van der Waals surface area (Å²) in [5.74, 6) is 1.83. The number of hydrogen-bond acceptors (Lipinski definition) is 4. The van der Waals surface area contributed by atoms with Gasteiger partial charge in [0.2, 0.25) is 0 Å². The van der Waals surface area contributed by atoms with Gasteiger partial charge in [0.15, 0.2) is 12.4 Å². The third-order valence-electron chi connectivity index (χ3n) is 2.80. The van der Waals surface area contributed by atoms with Crippen LogP contribution in [0.15, 0.2) is 48.5 Å². The Morgan fingerprint density at radius 3 is 2.20 bits per heavy atom. The van der Waals surface area contributed by atoms with Crippen LogP contribution in [0.5, 0.6) is 17.2 Å². The Bertz CT molecular complexity index is 593. The van der Waals surface area contributed by atoms with Gasteiger partial charge in [0.05, 0.1) is 14.2 Å². The first kappa shape index (κ1) is 13.9. The molecule has 0 N–H and O–H groups in total. The van der Waals surface area contributed by atoms with Gasteiger partial charge in [0, 0.05) is 11.6 Å². The normalized spacial score (nSPS) is 9.90. The lowest BCUT2D eigenvalue weighted by Crippen LogP contribution is -2.11. The molecule has 2 aromatic rings. The molecule has 2 aromatic carbocycles. The minimum Gasteiger partial charge on any atom is -0.497 e. The van der Waals surface area contributed by atoms with Crippen LogP contribution in [0.25, 0.3) is 0 Å². The summed E-state index contributed by atoms with van der Waals surface area (Å²) in [5, 5.41) is 0. The minimum atomic E-state index is -0.105. The summed E-state index contributed by atoms with van der Waals surface area (Å²) >= 11 is 0. The van der Waals surface area contributed by atoms with Crippen LogP contribution in [-0.4, -0.2) is 26.6 Å². The van der Waals surface area contributed by atoms with E-state index in [4.69, 9.17) is 14.2 Å². The molecule has 0 aliphatic heterocycles. The van der Waals surface area contributed by atoms with Crippen LogP contribution in [0.1, 0.15) is 10.4 Å². The van der Waals surface area contributed by atoms with Gasteiger partial charge >= 0.3 is 0 Å². The standard InChI is InChI=1S/C16H16O4/c1-18-13-6-3-5-12(9-13)16(17)11-20-15-8-4-7-14(10-15)19-2/h3-10H,11H2,1-2H3. The zero-order valence-electron chi connectivity index (χ0n) is 11.5. The number of hydrogen-bond donors (Lipinski definition) is 0. The van der Waals surface area contributed by atoms with Gasteiger partial charge in [0.1, 0.15) is 17.2 Å². The average molecular weight is 272 g/mol. The molecule has 0 aliphatic carbocycles. The largest absolute Gasteiger partial charge is 0.497 e. The van der Waals surface area contributed by atoms with E-state index >= 15 is 0 Å². The van der Waals surface area contributed by atoms with Crippen molar-refractivity contribution in [1.29, 1.82) is 0 Å². The molecule has 0 atom stereocenters. The lowest BCUT2D eigenvalue weighted by molar-refractivity contribution is 0.0921. The van der Waals surface area contributed by atoms with Gasteiger partial charge in [-0.3, -0.25) is 4.79 Å². The number of ether oxygens (including phenoxy) is 3. The second kappa shape index (κ2) is 6.61. The topological polar surface area (TPSA) is 44.8 Å². The lowest BCUT2D eigenvalue weighted by atomic mass is 10.1. The van der Waals surface area contributed by atoms with Crippen molar-refractivity contribution in [2.75, 3.05) is 20.8 Å². The van der Waals surface area contributed by atoms with Gasteiger partial charge in [-0.2, -0.15) is 0 Å². The summed E-state index contributed by atoms with van der Waals surface area (Å²) in [6, 6.07) is 14.1. The van der Waals surface area contributed by atoms with Crippen molar-refractivity contribution in [2.24, 2.45) is 0 Å². The molecule has 0 bridgehead atoms. The summed E-state index contributed by atoms with van der Waals surface area (Å²) < 4.78 is 15.7. The monoisotopic (exact) mass is 272 g/mol. The van der Waals surface area contributed by atoms with Crippen molar-refractivity contribution in [1.82, 2.24) is 0 Å². The predicted molar refractivity (Wildman–Crippen MR) is 75.8 cm³/mol. The first-order valence-electron chi connectivity index (χ1n) is 6.17. The zero-order valence-corrected chi connectivity index (χ0v) is 11.5. The van der Waals surface area contributed by atoms with E-state index in [-0.39, 0.29) is 12.4 Å². The van der Waals surface area contributed by atoms with Gasteiger partial charge < -0.3 is 14.2 Å². The molecule has 104 valence electrons. The van der Waals surface area contributed by atoms with Crippen LogP contribution in [0.3, 0.4) is 0 Å². The fourth-order valence-corrected chi connectivity index (χ4v) is 1.72. The van der Waals surface area contributed by atoms with Crippen LogP contribution in [0.2, 0.25) is 0 Å². The third kappa shape index (κ3) is 3.51. The van der Waals surface area contributed by atoms with Gasteiger partial charge in [-0.25, -0.2) is 0 Å². The van der Waals surface area contributed by atoms with E-state index in [1.807, 2.05) is 12.1 Å². The maximum Gasteiger partial charge on any atom is 0.200 e. The maximum absolute atomic E-state index is 12.0. The first-order valence-corrected chi connectivity index (χ1v) is 6.17. The Balaban J connectivity index is 2.00. The quantitative estimate of drug-likeness (QED) is 0.758. The fraction of sp³-hybridized carbons (Fsp3) is 0.188. The Kier molecular flexibility index (Phi) is 4.60. The Hall–Kier alpha value is -2.49. The highest BCUT2D eigenvalue weighted by Crippen LogP contribution is 2.19. The molecule has 0 saturated carbocycles. The number of methoxy groups -OCH3 is 2. The van der Waals surface area contributed by atoms with Crippen LogP contribution >= 0.6 is 0 Å². The van der Waals surface area contributed by atoms with Gasteiger partial charge in [0.25, 0.3) is 0 Å². The van der Waals surface area contributed by atoms with Gasteiger partial charge in [-0.05, 0) is 24.3 Å². The van der Waals surface area contributed by atoms with Crippen molar-refractivity contribution < 1.29 is 19.0 Å². The Labute approximate surface area is 117 Å². The SMILES string of the molecule is COc1cccc(OCC(=O)c2cccc(OC)c2)c1. The van der Waals surface area contributed by atoms with E-state index in [2.05, 4.69) is 0 Å². The molecule has 20 heavy (non-hydrogen) atoms. The third-order valence-corrected chi connectivity index (χ3v) is 2.80. The summed E-state index contributed by atoms with van der Waals surface area (Å²) in [6.07, 6.45) is 0. The number of rotatable bonds is 6. The Morgan fingerprint density at radius 1 is 0.900 bits per heavy atom. The molecule has 0 aromatic heterocycles. The van der Waals surface area contributed by atoms with E-state index in [9.17, 15) is 4.79 Å². The molecule has 0 spiro atoms. The summed E-state index contributed by atoms with van der Waals surface area (Å²) in [7, 11) is 3.15. The molecule has 4 nitrogen and oxygen atoms in total. The van der Waals surface area contributed by atoms with Crippen LogP contribution in [0, 0.1) is 0 Å². The fourth-order valence-electron chi connectivity index (χ4n) is 1.72. The second-order valence-electron chi connectivity index (χ2n) is 4.12. The first-order chi connectivity index (χ1) is 9.72. The highest BCUT2D eigenvalue weighted by molar-refractivity contribution is 5.97. The summed E-state index contributed by atoms with van der Waals surface area (Å²) in [6.45, 7) is -0.0274. The molecular formula is C16H16O4. The maximum atomic E-state index is 12.0. The number of benzene rings is 2. The number of Topliss-reactive ketones (excluding diaryl/α,β-unsaturated/α-hetero) is 1. The van der Waals surface area contributed by atoms with Crippen molar-refractivity contribution >= 4 is 5.78 Å². The number of ketones is 1. The van der Waals surface area contributed by atoms with E-state index < -0.39 is 0 Å². The number of carbonyl (C=O) groups excluding carboxylic acids is 1. The van der Waals surface area contributed by atoms with Crippen molar-refractivity contribution in [3.8, 4) is 17.2 Å². The Morgan fingerprint density at radius 2 is 1.50 bits per heavy atom. The van der Waals surface area contributed by atoms with Crippen molar-refractivity contribution in [3.63, 3.8) is 0 Å². The molecule has 0 unspecified atom stereocenters. The molecule has 4 heteroatoms. The zero-order chi connectivity index (χ0) is 14.4. The highest BCUT2D eigenvalue weighted by atomic mass is 16.5. The molecule has 0 heterocycles.